The molecular formula is C19H20N8O2. The van der Waals surface area contributed by atoms with Crippen molar-refractivity contribution >= 4 is 17.5 Å². The molecule has 2 aliphatic rings. The van der Waals surface area contributed by atoms with E-state index in [9.17, 15) is 9.59 Å². The molecule has 0 bridgehead atoms. The number of aromatic nitrogens is 6. The molecule has 2 amide bonds. The van der Waals surface area contributed by atoms with Crippen molar-refractivity contribution in [2.45, 2.75) is 11.8 Å². The molecule has 10 nitrogen and oxygen atoms in total. The molecule has 2 aromatic heterocycles. The number of likely N-dealkylation sites (tertiary alicyclic amines) is 1. The molecule has 3 aromatic rings. The summed E-state index contributed by atoms with van der Waals surface area (Å²) in [6.45, 7) is 1.65. The predicted octanol–water partition coefficient (Wildman–Crippen LogP) is 0.388. The number of benzene rings is 1. The molecule has 1 spiro atoms. The van der Waals surface area contributed by atoms with E-state index in [1.807, 2.05) is 18.2 Å². The SMILES string of the molecule is Cn1ncc(C(=O)N2CCC3(C2)CN(C(=O)c2cnn(C)n2)c2ccccc23)n1. The average Bonchev–Trinajstić information content (AvgIpc) is 3.49. The molecular weight excluding hydrogens is 372 g/mol. The van der Waals surface area contributed by atoms with Gasteiger partial charge in [0.1, 0.15) is 0 Å². The molecule has 1 fully saturated rings. The predicted molar refractivity (Wildman–Crippen MR) is 102 cm³/mol. The Hall–Kier alpha value is -3.56. The molecule has 5 rings (SSSR count). The molecule has 1 aromatic carbocycles. The highest BCUT2D eigenvalue weighted by molar-refractivity contribution is 6.06. The van der Waals surface area contributed by atoms with Crippen molar-refractivity contribution in [1.82, 2.24) is 34.9 Å². The van der Waals surface area contributed by atoms with Gasteiger partial charge in [0.15, 0.2) is 11.4 Å². The number of rotatable bonds is 2. The Kier molecular flexibility index (Phi) is 3.76. The van der Waals surface area contributed by atoms with Crippen LogP contribution in [0.15, 0.2) is 36.7 Å². The molecule has 29 heavy (non-hydrogen) atoms. The maximum Gasteiger partial charge on any atom is 0.280 e. The van der Waals surface area contributed by atoms with E-state index in [-0.39, 0.29) is 17.2 Å². The Bertz CT molecular complexity index is 1120. The summed E-state index contributed by atoms with van der Waals surface area (Å²) < 4.78 is 0. The van der Waals surface area contributed by atoms with Gasteiger partial charge >= 0.3 is 0 Å². The number of carbonyl (C=O) groups is 2. The summed E-state index contributed by atoms with van der Waals surface area (Å²) in [6, 6.07) is 7.90. The van der Waals surface area contributed by atoms with Crippen molar-refractivity contribution in [3.8, 4) is 0 Å². The molecule has 0 radical (unpaired) electrons. The van der Waals surface area contributed by atoms with E-state index in [1.165, 1.54) is 22.0 Å². The standard InChI is InChI=1S/C19H20N8O2/c1-24-20-9-14(22-24)17(28)26-8-7-19(11-26)12-27(16-6-4-3-5-13(16)19)18(29)15-10-21-25(2)23-15/h3-6,9-10H,7-8,11-12H2,1-2H3. The largest absolute Gasteiger partial charge is 0.336 e. The number of carbonyl (C=O) groups excluding carboxylic acids is 2. The van der Waals surface area contributed by atoms with E-state index in [2.05, 4.69) is 26.5 Å². The Morgan fingerprint density at radius 2 is 1.59 bits per heavy atom. The number of anilines is 1. The first-order valence-corrected chi connectivity index (χ1v) is 9.40. The summed E-state index contributed by atoms with van der Waals surface area (Å²) >= 11 is 0. The van der Waals surface area contributed by atoms with Gasteiger partial charge < -0.3 is 9.80 Å². The summed E-state index contributed by atoms with van der Waals surface area (Å²) in [5.74, 6) is -0.313. The first kappa shape index (κ1) is 17.5. The van der Waals surface area contributed by atoms with Crippen molar-refractivity contribution in [3.05, 3.63) is 53.6 Å². The van der Waals surface area contributed by atoms with Crippen molar-refractivity contribution in [2.75, 3.05) is 24.5 Å². The molecule has 1 atom stereocenters. The van der Waals surface area contributed by atoms with E-state index in [1.54, 1.807) is 23.9 Å². The first-order valence-electron chi connectivity index (χ1n) is 9.40. The van der Waals surface area contributed by atoms with Gasteiger partial charge in [0.05, 0.1) is 12.4 Å². The van der Waals surface area contributed by atoms with Gasteiger partial charge in [0.2, 0.25) is 0 Å². The summed E-state index contributed by atoms with van der Waals surface area (Å²) in [7, 11) is 3.37. The van der Waals surface area contributed by atoms with Crippen LogP contribution in [-0.4, -0.2) is 66.3 Å². The summed E-state index contributed by atoms with van der Waals surface area (Å²) in [6.07, 6.45) is 3.74. The molecule has 0 aliphatic carbocycles. The van der Waals surface area contributed by atoms with Crippen LogP contribution in [0.5, 0.6) is 0 Å². The lowest BCUT2D eigenvalue weighted by molar-refractivity contribution is 0.0778. The van der Waals surface area contributed by atoms with Gasteiger partial charge in [-0.1, -0.05) is 18.2 Å². The second kappa shape index (κ2) is 6.23. The zero-order valence-corrected chi connectivity index (χ0v) is 16.2. The van der Waals surface area contributed by atoms with Crippen molar-refractivity contribution < 1.29 is 9.59 Å². The molecule has 148 valence electrons. The fourth-order valence-electron chi connectivity index (χ4n) is 4.39. The topological polar surface area (TPSA) is 102 Å². The molecule has 4 heterocycles. The Morgan fingerprint density at radius 3 is 2.24 bits per heavy atom. The number of hydrogen-bond acceptors (Lipinski definition) is 6. The van der Waals surface area contributed by atoms with Crippen LogP contribution in [-0.2, 0) is 19.5 Å². The van der Waals surface area contributed by atoms with Crippen LogP contribution in [0.4, 0.5) is 5.69 Å². The minimum Gasteiger partial charge on any atom is -0.336 e. The molecule has 1 unspecified atom stereocenters. The van der Waals surface area contributed by atoms with Crippen molar-refractivity contribution in [1.29, 1.82) is 0 Å². The number of hydrogen-bond donors (Lipinski definition) is 0. The van der Waals surface area contributed by atoms with Gasteiger partial charge in [0.25, 0.3) is 11.8 Å². The van der Waals surface area contributed by atoms with Gasteiger partial charge in [-0.05, 0) is 18.1 Å². The van der Waals surface area contributed by atoms with Gasteiger partial charge in [0, 0.05) is 44.8 Å². The molecule has 2 aliphatic heterocycles. The summed E-state index contributed by atoms with van der Waals surface area (Å²) in [5, 5.41) is 16.3. The maximum absolute atomic E-state index is 13.1. The Labute approximate surface area is 166 Å². The van der Waals surface area contributed by atoms with Crippen LogP contribution < -0.4 is 4.90 Å². The molecule has 1 saturated heterocycles. The maximum atomic E-state index is 13.1. The van der Waals surface area contributed by atoms with Gasteiger partial charge in [-0.25, -0.2) is 0 Å². The third kappa shape index (κ3) is 2.71. The van der Waals surface area contributed by atoms with Gasteiger partial charge in [-0.3, -0.25) is 9.59 Å². The van der Waals surface area contributed by atoms with Crippen LogP contribution in [0.1, 0.15) is 33.0 Å². The minimum absolute atomic E-state index is 0.133. The highest BCUT2D eigenvalue weighted by Gasteiger charge is 2.50. The number of aryl methyl sites for hydroxylation is 2. The van der Waals surface area contributed by atoms with Crippen LogP contribution in [0.2, 0.25) is 0 Å². The third-order valence-electron chi connectivity index (χ3n) is 5.75. The second-order valence-electron chi connectivity index (χ2n) is 7.60. The Balaban J connectivity index is 1.45. The smallest absolute Gasteiger partial charge is 0.280 e. The number of amides is 2. The van der Waals surface area contributed by atoms with Crippen molar-refractivity contribution in [3.63, 3.8) is 0 Å². The number of fused-ring (bicyclic) bond motifs is 2. The molecule has 0 saturated carbocycles. The summed E-state index contributed by atoms with van der Waals surface area (Å²) in [4.78, 5) is 32.3. The number of nitrogens with zero attached hydrogens (tertiary/aromatic N) is 8. The van der Waals surface area contributed by atoms with E-state index in [4.69, 9.17) is 0 Å². The van der Waals surface area contributed by atoms with Crippen LogP contribution >= 0.6 is 0 Å². The lowest BCUT2D eigenvalue weighted by Crippen LogP contribution is -2.40. The lowest BCUT2D eigenvalue weighted by Gasteiger charge is -2.25. The highest BCUT2D eigenvalue weighted by Crippen LogP contribution is 2.46. The zero-order chi connectivity index (χ0) is 20.2. The fraction of sp³-hybridized carbons (Fsp3) is 0.368. The van der Waals surface area contributed by atoms with Crippen LogP contribution in [0.25, 0.3) is 0 Å². The second-order valence-corrected chi connectivity index (χ2v) is 7.60. The number of para-hydroxylation sites is 1. The Morgan fingerprint density at radius 1 is 0.931 bits per heavy atom. The quantitative estimate of drug-likeness (QED) is 0.625. The third-order valence-corrected chi connectivity index (χ3v) is 5.75. The molecule has 0 N–H and O–H groups in total. The fourth-order valence-corrected chi connectivity index (χ4v) is 4.39. The minimum atomic E-state index is -0.299. The average molecular weight is 392 g/mol. The van der Waals surface area contributed by atoms with Gasteiger partial charge in [-0.2, -0.15) is 19.8 Å². The normalized spacial score (nSPS) is 20.5. The van der Waals surface area contributed by atoms with E-state index < -0.39 is 0 Å². The monoisotopic (exact) mass is 392 g/mol. The van der Waals surface area contributed by atoms with E-state index >= 15 is 0 Å². The zero-order valence-electron chi connectivity index (χ0n) is 16.2. The van der Waals surface area contributed by atoms with E-state index in [0.717, 1.165) is 17.7 Å². The van der Waals surface area contributed by atoms with Crippen LogP contribution in [0.3, 0.4) is 0 Å². The first-order chi connectivity index (χ1) is 14.0. The van der Waals surface area contributed by atoms with Gasteiger partial charge in [-0.15, -0.1) is 10.2 Å². The van der Waals surface area contributed by atoms with Crippen LogP contribution in [0, 0.1) is 0 Å². The van der Waals surface area contributed by atoms with E-state index in [0.29, 0.717) is 31.0 Å². The summed E-state index contributed by atoms with van der Waals surface area (Å²) in [5.41, 5.74) is 2.31. The molecule has 10 heteroatoms. The lowest BCUT2D eigenvalue weighted by atomic mass is 9.81. The highest BCUT2D eigenvalue weighted by atomic mass is 16.2. The van der Waals surface area contributed by atoms with Crippen molar-refractivity contribution in [2.24, 2.45) is 14.1 Å².